The fourth-order valence-corrected chi connectivity index (χ4v) is 3.35. The second-order valence-corrected chi connectivity index (χ2v) is 7.29. The highest BCUT2D eigenvalue weighted by Gasteiger charge is 2.11. The van der Waals surface area contributed by atoms with Gasteiger partial charge in [0.05, 0.1) is 31.6 Å². The highest BCUT2D eigenvalue weighted by atomic mass is 31.1. The van der Waals surface area contributed by atoms with Crippen molar-refractivity contribution in [2.75, 3.05) is 0 Å². The van der Waals surface area contributed by atoms with Gasteiger partial charge in [-0.05, 0) is 54.4 Å². The van der Waals surface area contributed by atoms with Gasteiger partial charge < -0.3 is 0 Å². The maximum absolute atomic E-state index is 8.76. The monoisotopic (exact) mass is 387 g/mol. The lowest BCUT2D eigenvalue weighted by molar-refractivity contribution is -0.121. The van der Waals surface area contributed by atoms with Crippen molar-refractivity contribution in [3.8, 4) is 33.9 Å². The van der Waals surface area contributed by atoms with Crippen molar-refractivity contribution in [3.05, 3.63) is 84.7 Å². The van der Waals surface area contributed by atoms with Gasteiger partial charge in [0.15, 0.2) is 0 Å². The molecule has 1 unspecified atom stereocenters. The van der Waals surface area contributed by atoms with Gasteiger partial charge in [-0.1, -0.05) is 35.9 Å². The van der Waals surface area contributed by atoms with Gasteiger partial charge in [-0.2, -0.15) is 0 Å². The van der Waals surface area contributed by atoms with Crippen molar-refractivity contribution in [2.45, 2.75) is 6.92 Å². The quantitative estimate of drug-likeness (QED) is 0.300. The van der Waals surface area contributed by atoms with E-state index in [1.807, 2.05) is 42.5 Å². The summed E-state index contributed by atoms with van der Waals surface area (Å²) >= 11 is 0. The second-order valence-electron chi connectivity index (χ2n) is 6.33. The van der Waals surface area contributed by atoms with E-state index >= 15 is 0 Å². The van der Waals surface area contributed by atoms with Crippen LogP contribution in [-0.4, -0.2) is 20.2 Å². The molecular weight excluding hydrogens is 369 g/mol. The van der Waals surface area contributed by atoms with E-state index in [1.54, 1.807) is 12.4 Å². The number of rotatable bonds is 5. The summed E-state index contributed by atoms with van der Waals surface area (Å²) in [6.45, 7) is 2.07. The molecule has 0 bridgehead atoms. The minimum Gasteiger partial charge on any atom is -0.255 e. The summed E-state index contributed by atoms with van der Waals surface area (Å²) in [5.74, 6) is 0. The van der Waals surface area contributed by atoms with Crippen molar-refractivity contribution < 1.29 is 9.93 Å². The summed E-state index contributed by atoms with van der Waals surface area (Å²) in [5, 5.41) is 9.60. The SMILES string of the molecule is Cc1ccc(-c2cc(-c3ccccn3)nc(-c3cc(POO)ccn3)c2)cc1. The summed E-state index contributed by atoms with van der Waals surface area (Å²) in [7, 11) is -0.157. The zero-order chi connectivity index (χ0) is 19.3. The Kier molecular flexibility index (Phi) is 5.49. The Morgan fingerprint density at radius 3 is 2.21 bits per heavy atom. The molecule has 1 N–H and O–H groups in total. The molecule has 0 fully saturated rings. The predicted molar refractivity (Wildman–Crippen MR) is 113 cm³/mol. The molecule has 3 heterocycles. The molecule has 4 rings (SSSR count). The van der Waals surface area contributed by atoms with E-state index in [1.165, 1.54) is 5.56 Å². The lowest BCUT2D eigenvalue weighted by Crippen LogP contribution is -1.99. The number of hydrogen-bond acceptors (Lipinski definition) is 5. The van der Waals surface area contributed by atoms with Crippen molar-refractivity contribution in [1.82, 2.24) is 15.0 Å². The largest absolute Gasteiger partial charge is 0.255 e. The summed E-state index contributed by atoms with van der Waals surface area (Å²) in [6, 6.07) is 21.9. The Labute approximate surface area is 164 Å². The lowest BCUT2D eigenvalue weighted by Gasteiger charge is -2.10. The van der Waals surface area contributed by atoms with Crippen LogP contribution in [0, 0.1) is 6.92 Å². The number of aryl methyl sites for hydroxylation is 1. The van der Waals surface area contributed by atoms with Gasteiger partial charge in [-0.3, -0.25) is 9.97 Å². The first kappa shape index (κ1) is 18.4. The Balaban J connectivity index is 1.87. The van der Waals surface area contributed by atoms with Gasteiger partial charge >= 0.3 is 0 Å². The van der Waals surface area contributed by atoms with E-state index in [9.17, 15) is 0 Å². The van der Waals surface area contributed by atoms with Crippen molar-refractivity contribution in [2.24, 2.45) is 0 Å². The normalized spacial score (nSPS) is 11.2. The van der Waals surface area contributed by atoms with Crippen LogP contribution in [-0.2, 0) is 4.67 Å². The van der Waals surface area contributed by atoms with Crippen LogP contribution in [0.1, 0.15) is 5.56 Å². The zero-order valence-electron chi connectivity index (χ0n) is 15.2. The first-order chi connectivity index (χ1) is 13.7. The molecule has 5 nitrogen and oxygen atoms in total. The molecule has 0 saturated heterocycles. The van der Waals surface area contributed by atoms with Crippen LogP contribution in [0.25, 0.3) is 33.9 Å². The molecule has 0 aliphatic rings. The van der Waals surface area contributed by atoms with Crippen LogP contribution in [0.2, 0.25) is 0 Å². The van der Waals surface area contributed by atoms with Gasteiger partial charge in [0.25, 0.3) is 0 Å². The molecule has 1 atom stereocenters. The van der Waals surface area contributed by atoms with E-state index in [0.717, 1.165) is 33.5 Å². The minimum absolute atomic E-state index is 0.157. The molecule has 3 aromatic heterocycles. The van der Waals surface area contributed by atoms with Crippen LogP contribution in [0.3, 0.4) is 0 Å². The molecule has 0 saturated carbocycles. The second kappa shape index (κ2) is 8.36. The van der Waals surface area contributed by atoms with Crippen LogP contribution < -0.4 is 5.30 Å². The molecule has 1 aromatic carbocycles. The third kappa shape index (κ3) is 4.12. The highest BCUT2D eigenvalue weighted by Crippen LogP contribution is 2.29. The van der Waals surface area contributed by atoms with Crippen LogP contribution in [0.4, 0.5) is 0 Å². The predicted octanol–water partition coefficient (Wildman–Crippen LogP) is 4.89. The maximum atomic E-state index is 8.76. The fraction of sp³-hybridized carbons (Fsp3) is 0.0455. The Morgan fingerprint density at radius 2 is 1.50 bits per heavy atom. The van der Waals surface area contributed by atoms with E-state index in [0.29, 0.717) is 5.69 Å². The van der Waals surface area contributed by atoms with Gasteiger partial charge in [-0.15, -0.1) is 0 Å². The van der Waals surface area contributed by atoms with E-state index in [-0.39, 0.29) is 8.81 Å². The first-order valence-corrected chi connectivity index (χ1v) is 9.67. The molecule has 0 aliphatic heterocycles. The number of pyridine rings is 3. The highest BCUT2D eigenvalue weighted by molar-refractivity contribution is 7.41. The maximum Gasteiger partial charge on any atom is 0.0900 e. The molecule has 6 heteroatoms. The van der Waals surface area contributed by atoms with Gasteiger partial charge in [0.1, 0.15) is 0 Å². The van der Waals surface area contributed by atoms with Crippen molar-refractivity contribution >= 4 is 14.1 Å². The van der Waals surface area contributed by atoms with E-state index in [4.69, 9.17) is 10.2 Å². The molecule has 0 amide bonds. The number of hydrogen-bond donors (Lipinski definition) is 1. The van der Waals surface area contributed by atoms with Crippen molar-refractivity contribution in [3.63, 3.8) is 0 Å². The van der Waals surface area contributed by atoms with Crippen LogP contribution in [0.5, 0.6) is 0 Å². The van der Waals surface area contributed by atoms with Gasteiger partial charge in [-0.25, -0.2) is 14.9 Å². The molecule has 28 heavy (non-hydrogen) atoms. The molecule has 138 valence electrons. The lowest BCUT2D eigenvalue weighted by atomic mass is 10.0. The van der Waals surface area contributed by atoms with E-state index < -0.39 is 0 Å². The third-order valence-corrected chi connectivity index (χ3v) is 4.96. The average Bonchev–Trinajstić information content (AvgIpc) is 2.75. The zero-order valence-corrected chi connectivity index (χ0v) is 16.2. The van der Waals surface area contributed by atoms with Crippen LogP contribution >= 0.6 is 8.81 Å². The average molecular weight is 387 g/mol. The smallest absolute Gasteiger partial charge is 0.0900 e. The number of nitrogens with zero attached hydrogens (tertiary/aromatic N) is 3. The summed E-state index contributed by atoms with van der Waals surface area (Å²) in [4.78, 5) is 13.7. The Bertz CT molecular complexity index is 1090. The number of benzene rings is 1. The molecule has 0 spiro atoms. The fourth-order valence-electron chi connectivity index (χ4n) is 2.91. The summed E-state index contributed by atoms with van der Waals surface area (Å²) in [5.41, 5.74) is 6.39. The van der Waals surface area contributed by atoms with Crippen LogP contribution in [0.15, 0.2) is 79.1 Å². The molecule has 4 aromatic rings. The van der Waals surface area contributed by atoms with Gasteiger partial charge in [0.2, 0.25) is 0 Å². The summed E-state index contributed by atoms with van der Waals surface area (Å²) < 4.78 is 4.29. The summed E-state index contributed by atoms with van der Waals surface area (Å²) in [6.07, 6.45) is 3.45. The standard InChI is InChI=1S/C22H18N3O2P/c1-15-5-7-16(8-6-15)17-12-21(19-4-2-3-10-23-19)25-22(13-17)20-14-18(28-27-26)9-11-24-20/h2-14,26,28H,1H3. The molecule has 0 radical (unpaired) electrons. The molecule has 0 aliphatic carbocycles. The van der Waals surface area contributed by atoms with Gasteiger partial charge in [0, 0.05) is 17.7 Å². The third-order valence-electron chi connectivity index (χ3n) is 4.32. The van der Waals surface area contributed by atoms with Crippen molar-refractivity contribution in [1.29, 1.82) is 0 Å². The topological polar surface area (TPSA) is 68.1 Å². The number of aromatic nitrogens is 3. The first-order valence-electron chi connectivity index (χ1n) is 8.76. The van der Waals surface area contributed by atoms with E-state index in [2.05, 4.69) is 45.8 Å². The Hall–Kier alpha value is -2.98. The minimum atomic E-state index is -0.157. The molecular formula is C22H18N3O2P. The Morgan fingerprint density at radius 1 is 0.750 bits per heavy atom.